The lowest BCUT2D eigenvalue weighted by molar-refractivity contribution is -0.142. The maximum Gasteiger partial charge on any atom is 0.261 e. The maximum absolute atomic E-state index is 13.5. The fraction of sp³-hybridized carbons (Fsp3) is 0.286. The van der Waals surface area contributed by atoms with Crippen LogP contribution in [0.3, 0.4) is 0 Å². The third-order valence-corrected chi connectivity index (χ3v) is 6.27. The molecule has 35 heavy (non-hydrogen) atoms. The number of carbonyl (C=O) groups is 2. The number of benzene rings is 3. The number of hydrogen-bond donors (Lipinski definition) is 1. The lowest BCUT2D eigenvalue weighted by atomic mass is 10.0. The van der Waals surface area contributed by atoms with Gasteiger partial charge < -0.3 is 15.0 Å². The molecule has 184 valence electrons. The van der Waals surface area contributed by atoms with Crippen LogP contribution < -0.4 is 10.1 Å². The number of amides is 2. The molecule has 1 N–H and O–H groups in total. The lowest BCUT2D eigenvalue weighted by Gasteiger charge is -2.31. The van der Waals surface area contributed by atoms with Gasteiger partial charge in [0, 0.05) is 24.5 Å². The molecule has 0 aliphatic carbocycles. The molecule has 0 saturated heterocycles. The average molecular weight is 513 g/mol. The van der Waals surface area contributed by atoms with Crippen molar-refractivity contribution >= 4 is 35.0 Å². The van der Waals surface area contributed by atoms with Gasteiger partial charge in [0.2, 0.25) is 5.91 Å². The number of carbonyl (C=O) groups excluding carboxylic acids is 2. The molecule has 3 aromatic carbocycles. The molecule has 0 aromatic heterocycles. The van der Waals surface area contributed by atoms with Crippen LogP contribution >= 0.6 is 23.2 Å². The van der Waals surface area contributed by atoms with E-state index in [1.54, 1.807) is 35.2 Å². The number of unbranched alkanes of at least 4 members (excludes halogenated alkanes) is 1. The number of nitrogens with zero attached hydrogens (tertiary/aromatic N) is 1. The van der Waals surface area contributed by atoms with E-state index in [2.05, 4.69) is 12.2 Å². The van der Waals surface area contributed by atoms with Gasteiger partial charge in [0.15, 0.2) is 6.61 Å². The van der Waals surface area contributed by atoms with Crippen molar-refractivity contribution in [2.45, 2.75) is 38.8 Å². The zero-order valence-corrected chi connectivity index (χ0v) is 21.3. The fourth-order valence-electron chi connectivity index (χ4n) is 3.65. The summed E-state index contributed by atoms with van der Waals surface area (Å²) in [7, 11) is 0. The van der Waals surface area contributed by atoms with Crippen LogP contribution in [0, 0.1) is 0 Å². The van der Waals surface area contributed by atoms with Gasteiger partial charge in [-0.15, -0.1) is 0 Å². The van der Waals surface area contributed by atoms with Crippen LogP contribution in [0.5, 0.6) is 5.75 Å². The first-order valence-corrected chi connectivity index (χ1v) is 12.5. The smallest absolute Gasteiger partial charge is 0.261 e. The van der Waals surface area contributed by atoms with Crippen molar-refractivity contribution < 1.29 is 14.3 Å². The minimum Gasteiger partial charge on any atom is -0.482 e. The van der Waals surface area contributed by atoms with Crippen LogP contribution in [0.4, 0.5) is 0 Å². The predicted molar refractivity (Wildman–Crippen MR) is 141 cm³/mol. The molecule has 3 aromatic rings. The second-order valence-electron chi connectivity index (χ2n) is 8.18. The molecular formula is C28H30Cl2N2O3. The van der Waals surface area contributed by atoms with Crippen molar-refractivity contribution in [3.63, 3.8) is 0 Å². The first kappa shape index (κ1) is 26.6. The summed E-state index contributed by atoms with van der Waals surface area (Å²) in [6.45, 7) is 2.52. The highest BCUT2D eigenvalue weighted by Gasteiger charge is 2.31. The Labute approximate surface area is 217 Å². The molecule has 7 heteroatoms. The van der Waals surface area contributed by atoms with E-state index in [0.717, 1.165) is 24.0 Å². The zero-order chi connectivity index (χ0) is 25.0. The van der Waals surface area contributed by atoms with E-state index in [1.807, 2.05) is 48.5 Å². The highest BCUT2D eigenvalue weighted by atomic mass is 35.5. The monoisotopic (exact) mass is 512 g/mol. The molecule has 1 atom stereocenters. The molecule has 0 saturated carbocycles. The standard InChI is InChI=1S/C28H30Cl2N2O3/c1-2-3-17-31-28(34)25(18-21-11-5-4-6-12-21)32(19-22-13-7-8-14-23(22)29)27(33)20-35-26-16-10-9-15-24(26)30/h4-16,25H,2-3,17-20H2,1H3,(H,31,34)/t25-/m0/s1. The Kier molecular flexibility index (Phi) is 10.5. The summed E-state index contributed by atoms with van der Waals surface area (Å²) in [4.78, 5) is 28.5. The van der Waals surface area contributed by atoms with E-state index in [0.29, 0.717) is 28.8 Å². The van der Waals surface area contributed by atoms with E-state index >= 15 is 0 Å². The van der Waals surface area contributed by atoms with Crippen molar-refractivity contribution in [1.82, 2.24) is 10.2 Å². The minimum absolute atomic E-state index is 0.170. The number of ether oxygens (including phenoxy) is 1. The summed E-state index contributed by atoms with van der Waals surface area (Å²) < 4.78 is 5.74. The molecular weight excluding hydrogens is 483 g/mol. The third kappa shape index (κ3) is 8.01. The van der Waals surface area contributed by atoms with Gasteiger partial charge in [-0.2, -0.15) is 0 Å². The number of nitrogens with one attached hydrogen (secondary N) is 1. The molecule has 0 aliphatic rings. The second-order valence-corrected chi connectivity index (χ2v) is 9.00. The van der Waals surface area contributed by atoms with E-state index in [1.165, 1.54) is 0 Å². The van der Waals surface area contributed by atoms with Crippen LogP contribution in [0.15, 0.2) is 78.9 Å². The van der Waals surface area contributed by atoms with Gasteiger partial charge in [0.25, 0.3) is 5.91 Å². The summed E-state index contributed by atoms with van der Waals surface area (Å²) in [5.41, 5.74) is 1.70. The summed E-state index contributed by atoms with van der Waals surface area (Å²) in [5, 5.41) is 3.94. The number of halogens is 2. The topological polar surface area (TPSA) is 58.6 Å². The first-order valence-electron chi connectivity index (χ1n) is 11.7. The largest absolute Gasteiger partial charge is 0.482 e. The molecule has 0 heterocycles. The van der Waals surface area contributed by atoms with Crippen LogP contribution in [0.25, 0.3) is 0 Å². The molecule has 3 rings (SSSR count). The molecule has 0 aliphatic heterocycles. The number of hydrogen-bond acceptors (Lipinski definition) is 3. The van der Waals surface area contributed by atoms with Gasteiger partial charge in [0.1, 0.15) is 11.8 Å². The molecule has 0 fully saturated rings. The van der Waals surface area contributed by atoms with Crippen LogP contribution in [-0.2, 0) is 22.6 Å². The maximum atomic E-state index is 13.5. The van der Waals surface area contributed by atoms with Crippen LogP contribution in [-0.4, -0.2) is 35.9 Å². The van der Waals surface area contributed by atoms with E-state index < -0.39 is 6.04 Å². The van der Waals surface area contributed by atoms with Gasteiger partial charge >= 0.3 is 0 Å². The fourth-order valence-corrected chi connectivity index (χ4v) is 4.04. The minimum atomic E-state index is -0.743. The normalized spacial score (nSPS) is 11.5. The molecule has 5 nitrogen and oxygen atoms in total. The highest BCUT2D eigenvalue weighted by Crippen LogP contribution is 2.24. The van der Waals surface area contributed by atoms with Gasteiger partial charge in [-0.25, -0.2) is 0 Å². The van der Waals surface area contributed by atoms with Gasteiger partial charge in [-0.1, -0.05) is 97.2 Å². The van der Waals surface area contributed by atoms with Crippen molar-refractivity contribution in [1.29, 1.82) is 0 Å². The number of rotatable bonds is 12. The molecule has 0 bridgehead atoms. The molecule has 0 spiro atoms. The van der Waals surface area contributed by atoms with Gasteiger partial charge in [0.05, 0.1) is 5.02 Å². The predicted octanol–water partition coefficient (Wildman–Crippen LogP) is 5.93. The van der Waals surface area contributed by atoms with E-state index in [9.17, 15) is 9.59 Å². The Morgan fingerprint density at radius 1 is 0.914 bits per heavy atom. The summed E-state index contributed by atoms with van der Waals surface area (Å²) in [6, 6.07) is 23.2. The summed E-state index contributed by atoms with van der Waals surface area (Å²) in [5.74, 6) is -0.135. The first-order chi connectivity index (χ1) is 17.0. The van der Waals surface area contributed by atoms with Crippen LogP contribution in [0.2, 0.25) is 10.0 Å². The second kappa shape index (κ2) is 13.8. The summed E-state index contributed by atoms with van der Waals surface area (Å²) >= 11 is 12.6. The quantitative estimate of drug-likeness (QED) is 0.306. The summed E-state index contributed by atoms with van der Waals surface area (Å²) in [6.07, 6.45) is 2.18. The third-order valence-electron chi connectivity index (χ3n) is 5.59. The Morgan fingerprint density at radius 3 is 2.26 bits per heavy atom. The van der Waals surface area contributed by atoms with Gasteiger partial charge in [-0.05, 0) is 35.7 Å². The Hall–Kier alpha value is -3.02. The molecule has 0 radical (unpaired) electrons. The Morgan fingerprint density at radius 2 is 1.57 bits per heavy atom. The molecule has 2 amide bonds. The van der Waals surface area contributed by atoms with Crippen molar-refractivity contribution in [2.75, 3.05) is 13.2 Å². The van der Waals surface area contributed by atoms with Crippen LogP contribution in [0.1, 0.15) is 30.9 Å². The number of para-hydroxylation sites is 1. The SMILES string of the molecule is CCCCNC(=O)[C@H](Cc1ccccc1)N(Cc1ccccc1Cl)C(=O)COc1ccccc1Cl. The van der Waals surface area contributed by atoms with Crippen molar-refractivity contribution in [2.24, 2.45) is 0 Å². The van der Waals surface area contributed by atoms with E-state index in [4.69, 9.17) is 27.9 Å². The van der Waals surface area contributed by atoms with Gasteiger partial charge in [-0.3, -0.25) is 9.59 Å². The molecule has 0 unspecified atom stereocenters. The van der Waals surface area contributed by atoms with Crippen molar-refractivity contribution in [3.05, 3.63) is 100 Å². The average Bonchev–Trinajstić information content (AvgIpc) is 2.87. The lowest BCUT2D eigenvalue weighted by Crippen LogP contribution is -2.51. The zero-order valence-electron chi connectivity index (χ0n) is 19.8. The van der Waals surface area contributed by atoms with E-state index in [-0.39, 0.29) is 25.0 Å². The Balaban J connectivity index is 1.90. The van der Waals surface area contributed by atoms with Crippen molar-refractivity contribution in [3.8, 4) is 5.75 Å². The highest BCUT2D eigenvalue weighted by molar-refractivity contribution is 6.32. The Bertz CT molecular complexity index is 1110.